The van der Waals surface area contributed by atoms with Gasteiger partial charge in [0.05, 0.1) is 13.2 Å². The summed E-state index contributed by atoms with van der Waals surface area (Å²) < 4.78 is 27.0. The highest BCUT2D eigenvalue weighted by Gasteiger charge is 2.28. The largest absolute Gasteiger partial charge is 0.480 e. The molecule has 414 valence electrons. The summed E-state index contributed by atoms with van der Waals surface area (Å²) in [6.45, 7) is 2.61. The zero-order valence-corrected chi connectivity index (χ0v) is 46.4. The van der Waals surface area contributed by atoms with E-state index in [1.165, 1.54) is 167 Å². The number of carbonyl (C=O) groups excluding carboxylic acids is 2. The van der Waals surface area contributed by atoms with Gasteiger partial charge in [-0.1, -0.05) is 255 Å². The number of aliphatic carboxylic acids is 1. The van der Waals surface area contributed by atoms with Crippen LogP contribution >= 0.6 is 7.82 Å². The Morgan fingerprint density at radius 3 is 1.18 bits per heavy atom. The Hall–Kier alpha value is -2.56. The Labute approximate surface area is 434 Å². The third-order valence-corrected chi connectivity index (χ3v) is 13.8. The number of hydrogen-bond donors (Lipinski definition) is 4. The van der Waals surface area contributed by atoms with Crippen LogP contribution in [0.4, 0.5) is 0 Å². The van der Waals surface area contributed by atoms with E-state index in [1.54, 1.807) is 0 Å². The van der Waals surface area contributed by atoms with Gasteiger partial charge >= 0.3 is 19.8 Å². The third-order valence-electron chi connectivity index (χ3n) is 12.9. The molecule has 3 atom stereocenters. The molecule has 0 aromatic rings. The third kappa shape index (κ3) is 53.5. The van der Waals surface area contributed by atoms with E-state index in [1.807, 2.05) is 0 Å². The average Bonchev–Trinajstić information content (AvgIpc) is 3.35. The van der Waals surface area contributed by atoms with Gasteiger partial charge < -0.3 is 25.2 Å². The van der Waals surface area contributed by atoms with Gasteiger partial charge in [-0.15, -0.1) is 0 Å². The number of carbonyl (C=O) groups is 3. The van der Waals surface area contributed by atoms with Crippen molar-refractivity contribution in [3.05, 3.63) is 48.6 Å². The van der Waals surface area contributed by atoms with Crippen LogP contribution in [0.2, 0.25) is 0 Å². The smallest absolute Gasteiger partial charge is 0.472 e. The number of amides is 1. The van der Waals surface area contributed by atoms with Gasteiger partial charge in [-0.05, 0) is 57.8 Å². The molecule has 3 unspecified atom stereocenters. The Morgan fingerprint density at radius 2 is 0.775 bits per heavy atom. The van der Waals surface area contributed by atoms with E-state index in [9.17, 15) is 34.1 Å². The molecule has 4 N–H and O–H groups in total. The lowest BCUT2D eigenvalue weighted by Gasteiger charge is -2.18. The van der Waals surface area contributed by atoms with Crippen LogP contribution in [0, 0.1) is 0 Å². The van der Waals surface area contributed by atoms with Crippen LogP contribution in [0.1, 0.15) is 277 Å². The van der Waals surface area contributed by atoms with Crippen LogP contribution in [-0.2, 0) is 32.7 Å². The average molecular weight is 1020 g/mol. The van der Waals surface area contributed by atoms with Crippen molar-refractivity contribution >= 4 is 25.7 Å². The molecule has 0 aliphatic carbocycles. The van der Waals surface area contributed by atoms with Crippen molar-refractivity contribution in [2.75, 3.05) is 19.8 Å². The highest BCUT2D eigenvalue weighted by atomic mass is 31.2. The Bertz CT molecular complexity index is 1380. The molecule has 0 fully saturated rings. The second-order valence-electron chi connectivity index (χ2n) is 19.8. The maximum absolute atomic E-state index is 12.4. The number of nitrogens with one attached hydrogen (secondary N) is 1. The Kier molecular flexibility index (Phi) is 51.8. The molecule has 0 heterocycles. The summed E-state index contributed by atoms with van der Waals surface area (Å²) in [6, 6.07) is -1.55. The van der Waals surface area contributed by atoms with Crippen molar-refractivity contribution in [2.45, 2.75) is 289 Å². The molecule has 0 aliphatic heterocycles. The Balaban J connectivity index is 3.78. The number of phosphoric ester groups is 1. The zero-order chi connectivity index (χ0) is 52.0. The molecule has 0 saturated heterocycles. The fourth-order valence-corrected chi connectivity index (χ4v) is 9.13. The first kappa shape index (κ1) is 68.4. The number of esters is 1. The van der Waals surface area contributed by atoms with E-state index in [-0.39, 0.29) is 12.8 Å². The van der Waals surface area contributed by atoms with Crippen molar-refractivity contribution in [3.8, 4) is 0 Å². The van der Waals surface area contributed by atoms with Gasteiger partial charge in [0.2, 0.25) is 5.91 Å². The van der Waals surface area contributed by atoms with E-state index in [4.69, 9.17) is 13.8 Å². The molecule has 0 aromatic heterocycles. The minimum absolute atomic E-state index is 0.148. The number of allylic oxidation sites excluding steroid dienone is 8. The van der Waals surface area contributed by atoms with Crippen LogP contribution in [0.3, 0.4) is 0 Å². The van der Waals surface area contributed by atoms with E-state index >= 15 is 0 Å². The summed E-state index contributed by atoms with van der Waals surface area (Å²) in [7, 11) is -4.77. The van der Waals surface area contributed by atoms with Gasteiger partial charge in [0, 0.05) is 12.8 Å². The molecular formula is C59H108NO10P. The molecule has 11 nitrogen and oxygen atoms in total. The SMILES string of the molecule is CCCCC/C=C\C/C=C\C/C=C\C/C=C\CCCCCCCCCC(=O)OCC(O)COP(=O)(O)OCC(NC(=O)CCCCCCCCCCCCCCCCCCCCCCCCCC)C(=O)O. The maximum atomic E-state index is 12.4. The van der Waals surface area contributed by atoms with Gasteiger partial charge in [-0.2, -0.15) is 0 Å². The quantitative estimate of drug-likeness (QED) is 0.0199. The monoisotopic (exact) mass is 1020 g/mol. The van der Waals surface area contributed by atoms with Gasteiger partial charge in [0.15, 0.2) is 6.04 Å². The topological polar surface area (TPSA) is 169 Å². The molecule has 0 rings (SSSR count). The minimum Gasteiger partial charge on any atom is -0.480 e. The highest BCUT2D eigenvalue weighted by molar-refractivity contribution is 7.47. The number of aliphatic hydroxyl groups excluding tert-OH is 1. The number of rotatable bonds is 55. The van der Waals surface area contributed by atoms with Crippen LogP contribution < -0.4 is 5.32 Å². The van der Waals surface area contributed by atoms with Crippen molar-refractivity contribution in [1.29, 1.82) is 0 Å². The first-order valence-corrected chi connectivity index (χ1v) is 30.7. The van der Waals surface area contributed by atoms with Gasteiger partial charge in [-0.25, -0.2) is 9.36 Å². The van der Waals surface area contributed by atoms with Crippen molar-refractivity contribution in [2.24, 2.45) is 0 Å². The van der Waals surface area contributed by atoms with E-state index in [0.717, 1.165) is 70.6 Å². The summed E-state index contributed by atoms with van der Waals surface area (Å²) in [6.07, 6.45) is 64.2. The summed E-state index contributed by atoms with van der Waals surface area (Å²) in [5.74, 6) is -2.37. The molecule has 0 spiro atoms. The number of carboxylic acid groups (broad SMARTS) is 1. The fourth-order valence-electron chi connectivity index (χ4n) is 8.36. The summed E-state index contributed by atoms with van der Waals surface area (Å²) >= 11 is 0. The molecule has 0 aromatic carbocycles. The van der Waals surface area contributed by atoms with Crippen LogP contribution in [-0.4, -0.2) is 64.9 Å². The summed E-state index contributed by atoms with van der Waals surface area (Å²) in [4.78, 5) is 46.3. The standard InChI is InChI=1S/C59H108NO10P/c1-3-5-7-9-11-13-15-17-19-21-23-25-27-29-30-32-34-36-38-40-42-44-46-48-50-57(62)60-56(59(64)65)54-70-71(66,67)69-53-55(61)52-68-58(63)51-49-47-45-43-41-39-37-35-33-31-28-26-24-22-20-18-16-14-12-10-8-6-4-2/h12,14,18,20,24,26,31,33,55-56,61H,3-11,13,15-17,19,21-23,25,27-30,32,34-54H2,1-2H3,(H,60,62)(H,64,65)(H,66,67)/b14-12-,20-18-,26-24-,33-31-. The lowest BCUT2D eigenvalue weighted by molar-refractivity contribution is -0.147. The van der Waals surface area contributed by atoms with Crippen molar-refractivity contribution in [3.63, 3.8) is 0 Å². The van der Waals surface area contributed by atoms with Gasteiger partial charge in [0.1, 0.15) is 12.7 Å². The minimum atomic E-state index is -4.77. The van der Waals surface area contributed by atoms with E-state index < -0.39 is 57.6 Å². The second kappa shape index (κ2) is 53.7. The summed E-state index contributed by atoms with van der Waals surface area (Å²) in [5.41, 5.74) is 0. The second-order valence-corrected chi connectivity index (χ2v) is 21.3. The normalized spacial score (nSPS) is 13.7. The number of ether oxygens (including phenoxy) is 1. The van der Waals surface area contributed by atoms with Crippen LogP contribution in [0.15, 0.2) is 48.6 Å². The predicted octanol–water partition coefficient (Wildman–Crippen LogP) is 16.9. The lowest BCUT2D eigenvalue weighted by atomic mass is 10.0. The summed E-state index contributed by atoms with van der Waals surface area (Å²) in [5, 5.41) is 22.0. The first-order chi connectivity index (χ1) is 34.6. The molecule has 71 heavy (non-hydrogen) atoms. The number of carboxylic acids is 1. The van der Waals surface area contributed by atoms with E-state index in [2.05, 4.69) is 67.8 Å². The molecule has 0 radical (unpaired) electrons. The molecular weight excluding hydrogens is 914 g/mol. The lowest BCUT2D eigenvalue weighted by Crippen LogP contribution is -2.43. The first-order valence-electron chi connectivity index (χ1n) is 29.2. The van der Waals surface area contributed by atoms with Crippen molar-refractivity contribution < 1.29 is 47.8 Å². The maximum Gasteiger partial charge on any atom is 0.472 e. The molecule has 12 heteroatoms. The molecule has 1 amide bonds. The number of unbranched alkanes of at least 4 members (excludes halogenated alkanes) is 33. The number of hydrogen-bond acceptors (Lipinski definition) is 8. The molecule has 0 aliphatic rings. The number of phosphoric acid groups is 1. The molecule has 0 saturated carbocycles. The number of aliphatic hydroxyl groups is 1. The van der Waals surface area contributed by atoms with Crippen LogP contribution in [0.25, 0.3) is 0 Å². The van der Waals surface area contributed by atoms with Crippen LogP contribution in [0.5, 0.6) is 0 Å². The predicted molar refractivity (Wildman–Crippen MR) is 295 cm³/mol. The fraction of sp³-hybridized carbons (Fsp3) is 0.814. The van der Waals surface area contributed by atoms with Gasteiger partial charge in [0.25, 0.3) is 0 Å². The highest BCUT2D eigenvalue weighted by Crippen LogP contribution is 2.43. The molecule has 0 bridgehead atoms. The zero-order valence-electron chi connectivity index (χ0n) is 45.5. The van der Waals surface area contributed by atoms with Gasteiger partial charge in [-0.3, -0.25) is 18.6 Å². The Morgan fingerprint density at radius 1 is 0.451 bits per heavy atom. The van der Waals surface area contributed by atoms with Crippen molar-refractivity contribution in [1.82, 2.24) is 5.32 Å². The van der Waals surface area contributed by atoms with E-state index in [0.29, 0.717) is 12.8 Å².